The van der Waals surface area contributed by atoms with Crippen LogP contribution >= 0.6 is 0 Å². The fourth-order valence-electron chi connectivity index (χ4n) is 3.58. The summed E-state index contributed by atoms with van der Waals surface area (Å²) >= 11 is 0. The summed E-state index contributed by atoms with van der Waals surface area (Å²) < 4.78 is 15.8. The second kappa shape index (κ2) is 7.91. The van der Waals surface area contributed by atoms with Gasteiger partial charge in [-0.15, -0.1) is 0 Å². The van der Waals surface area contributed by atoms with Crippen LogP contribution in [0.4, 0.5) is 5.69 Å². The van der Waals surface area contributed by atoms with Crippen LogP contribution in [0.3, 0.4) is 0 Å². The van der Waals surface area contributed by atoms with Crippen LogP contribution < -0.4 is 19.1 Å². The Morgan fingerprint density at radius 3 is 2.10 bits per heavy atom. The van der Waals surface area contributed by atoms with Crippen molar-refractivity contribution in [2.45, 2.75) is 6.54 Å². The Kier molecular flexibility index (Phi) is 5.14. The van der Waals surface area contributed by atoms with E-state index < -0.39 is 11.7 Å². The van der Waals surface area contributed by atoms with Gasteiger partial charge in [-0.05, 0) is 53.1 Å². The van der Waals surface area contributed by atoms with Crippen LogP contribution in [0.25, 0.3) is 11.1 Å². The molecule has 0 aromatic heterocycles. The molecule has 30 heavy (non-hydrogen) atoms. The van der Waals surface area contributed by atoms with Gasteiger partial charge in [0.1, 0.15) is 5.75 Å². The molecule has 4 rings (SSSR count). The Morgan fingerprint density at radius 1 is 0.733 bits per heavy atom. The number of carbonyl (C=O) groups excluding carboxylic acids is 2. The van der Waals surface area contributed by atoms with Gasteiger partial charge in [0, 0.05) is 0 Å². The lowest BCUT2D eigenvalue weighted by Crippen LogP contribution is -2.29. The summed E-state index contributed by atoms with van der Waals surface area (Å²) in [6, 6.07) is 18.5. The monoisotopic (exact) mass is 403 g/mol. The molecular weight excluding hydrogens is 382 g/mol. The summed E-state index contributed by atoms with van der Waals surface area (Å²) in [7, 11) is 4.74. The average Bonchev–Trinajstić information content (AvgIpc) is 3.03. The molecule has 1 amide bonds. The molecule has 0 atom stereocenters. The van der Waals surface area contributed by atoms with Crippen molar-refractivity contribution >= 4 is 17.4 Å². The molecule has 0 bridgehead atoms. The van der Waals surface area contributed by atoms with Gasteiger partial charge in [0.15, 0.2) is 11.5 Å². The number of amides is 1. The molecular formula is C24H21NO5. The highest BCUT2D eigenvalue weighted by atomic mass is 16.5. The Hall–Kier alpha value is -3.80. The molecule has 1 aliphatic rings. The molecule has 0 fully saturated rings. The molecule has 0 N–H and O–H groups in total. The van der Waals surface area contributed by atoms with Crippen molar-refractivity contribution in [1.82, 2.24) is 0 Å². The summed E-state index contributed by atoms with van der Waals surface area (Å²) in [5, 5.41) is 0. The minimum absolute atomic E-state index is 0.264. The molecule has 3 aromatic rings. The quantitative estimate of drug-likeness (QED) is 0.580. The minimum atomic E-state index is -0.535. The van der Waals surface area contributed by atoms with Crippen molar-refractivity contribution in [2.75, 3.05) is 26.2 Å². The summed E-state index contributed by atoms with van der Waals surface area (Å²) in [5.74, 6) is 0.900. The fourth-order valence-corrected chi connectivity index (χ4v) is 3.58. The van der Waals surface area contributed by atoms with Gasteiger partial charge in [-0.25, -0.2) is 0 Å². The van der Waals surface area contributed by atoms with Gasteiger partial charge in [0.25, 0.3) is 11.7 Å². The number of hydrogen-bond donors (Lipinski definition) is 0. The molecule has 1 aliphatic heterocycles. The van der Waals surface area contributed by atoms with Crippen LogP contribution in [0.15, 0.2) is 60.7 Å². The van der Waals surface area contributed by atoms with Crippen LogP contribution in [-0.4, -0.2) is 33.0 Å². The van der Waals surface area contributed by atoms with Gasteiger partial charge in [0.2, 0.25) is 0 Å². The average molecular weight is 403 g/mol. The molecule has 0 unspecified atom stereocenters. The van der Waals surface area contributed by atoms with Crippen molar-refractivity contribution in [1.29, 1.82) is 0 Å². The van der Waals surface area contributed by atoms with E-state index in [9.17, 15) is 9.59 Å². The van der Waals surface area contributed by atoms with Gasteiger partial charge in [-0.2, -0.15) is 0 Å². The molecule has 152 valence electrons. The molecule has 0 saturated carbocycles. The first kappa shape index (κ1) is 19.5. The van der Waals surface area contributed by atoms with Crippen LogP contribution in [0.2, 0.25) is 0 Å². The van der Waals surface area contributed by atoms with Crippen LogP contribution in [-0.2, 0) is 11.3 Å². The highest BCUT2D eigenvalue weighted by Crippen LogP contribution is 2.35. The molecule has 6 heteroatoms. The van der Waals surface area contributed by atoms with Gasteiger partial charge in [-0.3, -0.25) is 9.59 Å². The van der Waals surface area contributed by atoms with E-state index in [-0.39, 0.29) is 6.54 Å². The van der Waals surface area contributed by atoms with E-state index >= 15 is 0 Å². The number of anilines is 1. The molecule has 0 saturated heterocycles. The number of benzene rings is 3. The Balaban J connectivity index is 1.65. The lowest BCUT2D eigenvalue weighted by atomic mass is 10.0. The first-order valence-electron chi connectivity index (χ1n) is 9.41. The maximum atomic E-state index is 12.7. The smallest absolute Gasteiger partial charge is 0.299 e. The zero-order chi connectivity index (χ0) is 21.3. The zero-order valence-corrected chi connectivity index (χ0v) is 17.0. The fraction of sp³-hybridized carbons (Fsp3) is 0.167. The van der Waals surface area contributed by atoms with E-state index in [4.69, 9.17) is 14.2 Å². The molecule has 1 heterocycles. The van der Waals surface area contributed by atoms with E-state index in [1.54, 1.807) is 39.5 Å². The summed E-state index contributed by atoms with van der Waals surface area (Å²) in [5.41, 5.74) is 3.66. The number of rotatable bonds is 6. The number of Topliss-reactive ketones (excluding diaryl/α,β-unsaturated/α-hetero) is 1. The third-order valence-electron chi connectivity index (χ3n) is 5.18. The van der Waals surface area contributed by atoms with Crippen LogP contribution in [0.5, 0.6) is 17.2 Å². The Labute approximate surface area is 174 Å². The predicted octanol–water partition coefficient (Wildman–Crippen LogP) is 4.11. The number of ether oxygens (including phenoxy) is 3. The normalized spacial score (nSPS) is 12.7. The first-order chi connectivity index (χ1) is 14.5. The van der Waals surface area contributed by atoms with Crippen molar-refractivity contribution in [2.24, 2.45) is 0 Å². The minimum Gasteiger partial charge on any atom is -0.497 e. The summed E-state index contributed by atoms with van der Waals surface area (Å²) in [6.07, 6.45) is 0. The van der Waals surface area contributed by atoms with Crippen molar-refractivity contribution in [3.8, 4) is 28.4 Å². The molecule has 0 radical (unpaired) electrons. The van der Waals surface area contributed by atoms with Crippen molar-refractivity contribution in [3.63, 3.8) is 0 Å². The number of methoxy groups -OCH3 is 3. The third-order valence-corrected chi connectivity index (χ3v) is 5.18. The standard InChI is InChI=1S/C24H21NO5/c1-28-18-8-5-16(6-9-18)17-7-10-20-19(13-17)23(26)24(27)25(20)14-15-4-11-21(29-2)22(12-15)30-3/h4-13H,14H2,1-3H3. The highest BCUT2D eigenvalue weighted by Gasteiger charge is 2.36. The molecule has 6 nitrogen and oxygen atoms in total. The summed E-state index contributed by atoms with van der Waals surface area (Å²) in [4.78, 5) is 26.8. The van der Waals surface area contributed by atoms with E-state index in [0.29, 0.717) is 22.7 Å². The van der Waals surface area contributed by atoms with E-state index in [0.717, 1.165) is 22.4 Å². The second-order valence-electron chi connectivity index (χ2n) is 6.87. The number of hydrogen-bond acceptors (Lipinski definition) is 5. The molecule has 0 aliphatic carbocycles. The summed E-state index contributed by atoms with van der Waals surface area (Å²) in [6.45, 7) is 0.264. The maximum absolute atomic E-state index is 12.7. The first-order valence-corrected chi connectivity index (χ1v) is 9.41. The van der Waals surface area contributed by atoms with Gasteiger partial charge >= 0.3 is 0 Å². The molecule has 0 spiro atoms. The Bertz CT molecular complexity index is 1120. The lowest BCUT2D eigenvalue weighted by Gasteiger charge is -2.18. The second-order valence-corrected chi connectivity index (χ2v) is 6.87. The predicted molar refractivity (Wildman–Crippen MR) is 113 cm³/mol. The third kappa shape index (κ3) is 3.37. The number of ketones is 1. The largest absolute Gasteiger partial charge is 0.497 e. The van der Waals surface area contributed by atoms with Crippen molar-refractivity contribution < 1.29 is 23.8 Å². The zero-order valence-electron chi connectivity index (χ0n) is 17.0. The van der Waals surface area contributed by atoms with Gasteiger partial charge in [0.05, 0.1) is 39.1 Å². The number of fused-ring (bicyclic) bond motifs is 1. The Morgan fingerprint density at radius 2 is 1.43 bits per heavy atom. The lowest BCUT2D eigenvalue weighted by molar-refractivity contribution is -0.114. The topological polar surface area (TPSA) is 65.1 Å². The maximum Gasteiger partial charge on any atom is 0.299 e. The number of nitrogens with zero attached hydrogens (tertiary/aromatic N) is 1. The van der Waals surface area contributed by atoms with Crippen LogP contribution in [0, 0.1) is 0 Å². The molecule has 3 aromatic carbocycles. The SMILES string of the molecule is COc1ccc(-c2ccc3c(c2)C(=O)C(=O)N3Cc2ccc(OC)c(OC)c2)cc1. The van der Waals surface area contributed by atoms with Gasteiger partial charge in [-0.1, -0.05) is 24.3 Å². The number of carbonyl (C=O) groups is 2. The highest BCUT2D eigenvalue weighted by molar-refractivity contribution is 6.52. The van der Waals surface area contributed by atoms with Crippen LogP contribution in [0.1, 0.15) is 15.9 Å². The van der Waals surface area contributed by atoms with E-state index in [1.165, 1.54) is 4.90 Å². The van der Waals surface area contributed by atoms with E-state index in [1.807, 2.05) is 42.5 Å². The van der Waals surface area contributed by atoms with E-state index in [2.05, 4.69) is 0 Å². The van der Waals surface area contributed by atoms with Gasteiger partial charge < -0.3 is 19.1 Å². The van der Waals surface area contributed by atoms with Crippen molar-refractivity contribution in [3.05, 3.63) is 71.8 Å².